The number of benzene rings is 1. The molecule has 2 amide bonds. The first-order valence-electron chi connectivity index (χ1n) is 8.90. The third-order valence-electron chi connectivity index (χ3n) is 4.68. The fourth-order valence-corrected chi connectivity index (χ4v) is 4.73. The van der Waals surface area contributed by atoms with Crippen molar-refractivity contribution in [2.24, 2.45) is 5.73 Å². The lowest BCUT2D eigenvalue weighted by molar-refractivity contribution is -0.118. The summed E-state index contributed by atoms with van der Waals surface area (Å²) in [7, 11) is 0. The summed E-state index contributed by atoms with van der Waals surface area (Å²) in [4.78, 5) is 25.5. The molecule has 1 aliphatic carbocycles. The van der Waals surface area contributed by atoms with Gasteiger partial charge in [0, 0.05) is 4.88 Å². The quantitative estimate of drug-likeness (QED) is 0.784. The summed E-state index contributed by atoms with van der Waals surface area (Å²) in [5.74, 6) is -0.0401. The van der Waals surface area contributed by atoms with Gasteiger partial charge in [-0.05, 0) is 56.2 Å². The zero-order valence-corrected chi connectivity index (χ0v) is 16.0. The second-order valence-corrected chi connectivity index (χ2v) is 7.80. The Hall–Kier alpha value is -2.34. The van der Waals surface area contributed by atoms with Crippen molar-refractivity contribution in [3.8, 4) is 5.75 Å². The van der Waals surface area contributed by atoms with Gasteiger partial charge in [-0.1, -0.05) is 24.6 Å². The van der Waals surface area contributed by atoms with E-state index in [0.29, 0.717) is 10.6 Å². The van der Waals surface area contributed by atoms with Crippen LogP contribution in [0.2, 0.25) is 0 Å². The Kier molecular flexibility index (Phi) is 5.61. The van der Waals surface area contributed by atoms with Crippen LogP contribution in [0.5, 0.6) is 5.75 Å². The minimum absolute atomic E-state index is 0.105. The number of carbonyl (C=O) groups excluding carboxylic acids is 2. The van der Waals surface area contributed by atoms with Crippen LogP contribution in [0.4, 0.5) is 5.00 Å². The standard InChI is InChI=1S/C20H24N2O3S/c1-12-7-6-8-13(2)18(12)25-11-16(23)22-20-17(19(21)24)14-9-4-3-5-10-15(14)26-20/h6-8H,3-5,9-11H2,1-2H3,(H2,21,24)(H,22,23). The van der Waals surface area contributed by atoms with Gasteiger partial charge in [0.25, 0.3) is 11.8 Å². The second kappa shape index (κ2) is 7.91. The molecule has 0 spiro atoms. The molecule has 0 aliphatic heterocycles. The van der Waals surface area contributed by atoms with Gasteiger partial charge >= 0.3 is 0 Å². The van der Waals surface area contributed by atoms with Gasteiger partial charge in [0.05, 0.1) is 5.56 Å². The average molecular weight is 372 g/mol. The van der Waals surface area contributed by atoms with Gasteiger partial charge in [0.1, 0.15) is 10.8 Å². The molecule has 1 aromatic heterocycles. The van der Waals surface area contributed by atoms with E-state index < -0.39 is 5.91 Å². The van der Waals surface area contributed by atoms with Gasteiger partial charge in [-0.15, -0.1) is 11.3 Å². The monoisotopic (exact) mass is 372 g/mol. The summed E-state index contributed by atoms with van der Waals surface area (Å²) in [6.07, 6.45) is 5.10. The maximum Gasteiger partial charge on any atom is 0.262 e. The number of anilines is 1. The normalized spacial score (nSPS) is 13.6. The molecule has 0 atom stereocenters. The molecule has 5 nitrogen and oxygen atoms in total. The zero-order valence-electron chi connectivity index (χ0n) is 15.2. The van der Waals surface area contributed by atoms with E-state index in [9.17, 15) is 9.59 Å². The molecule has 1 aliphatic rings. The van der Waals surface area contributed by atoms with Crippen LogP contribution in [0.3, 0.4) is 0 Å². The predicted octanol–water partition coefficient (Wildman–Crippen LogP) is 3.75. The molecule has 138 valence electrons. The van der Waals surface area contributed by atoms with Gasteiger partial charge in [-0.2, -0.15) is 0 Å². The first-order chi connectivity index (χ1) is 12.5. The van der Waals surface area contributed by atoms with Crippen molar-refractivity contribution in [2.45, 2.75) is 46.0 Å². The van der Waals surface area contributed by atoms with Crippen molar-refractivity contribution in [3.05, 3.63) is 45.3 Å². The maximum atomic E-state index is 12.4. The number of amides is 2. The van der Waals surface area contributed by atoms with Gasteiger partial charge in [0.15, 0.2) is 6.61 Å². The van der Waals surface area contributed by atoms with Crippen LogP contribution < -0.4 is 15.8 Å². The van der Waals surface area contributed by atoms with Crippen LogP contribution in [0.15, 0.2) is 18.2 Å². The van der Waals surface area contributed by atoms with Crippen LogP contribution in [0, 0.1) is 13.8 Å². The smallest absolute Gasteiger partial charge is 0.262 e. The Balaban J connectivity index is 1.74. The fraction of sp³-hybridized carbons (Fsp3) is 0.400. The molecule has 6 heteroatoms. The van der Waals surface area contributed by atoms with Crippen molar-refractivity contribution in [3.63, 3.8) is 0 Å². The van der Waals surface area contributed by atoms with E-state index in [2.05, 4.69) is 5.32 Å². The van der Waals surface area contributed by atoms with E-state index in [-0.39, 0.29) is 12.5 Å². The highest BCUT2D eigenvalue weighted by Crippen LogP contribution is 2.37. The molecule has 2 aromatic rings. The third kappa shape index (κ3) is 3.90. The first kappa shape index (κ1) is 18.5. The molecular weight excluding hydrogens is 348 g/mol. The number of aryl methyl sites for hydroxylation is 3. The van der Waals surface area contributed by atoms with Crippen LogP contribution in [0.25, 0.3) is 0 Å². The third-order valence-corrected chi connectivity index (χ3v) is 5.88. The highest BCUT2D eigenvalue weighted by molar-refractivity contribution is 7.17. The number of para-hydroxylation sites is 1. The Morgan fingerprint density at radius 1 is 1.15 bits per heavy atom. The number of nitrogens with two attached hydrogens (primary N) is 1. The molecule has 3 N–H and O–H groups in total. The number of thiophene rings is 1. The SMILES string of the molecule is Cc1cccc(C)c1OCC(=O)Nc1sc2c(c1C(N)=O)CCCCC2. The molecular formula is C20H24N2O3S. The van der Waals surface area contributed by atoms with Gasteiger partial charge in [-0.3, -0.25) is 9.59 Å². The predicted molar refractivity (Wildman–Crippen MR) is 104 cm³/mol. The second-order valence-electron chi connectivity index (χ2n) is 6.69. The summed E-state index contributed by atoms with van der Waals surface area (Å²) in [6.45, 7) is 3.79. The van der Waals surface area contributed by atoms with E-state index >= 15 is 0 Å². The van der Waals surface area contributed by atoms with E-state index in [1.165, 1.54) is 16.2 Å². The zero-order chi connectivity index (χ0) is 18.7. The van der Waals surface area contributed by atoms with Crippen molar-refractivity contribution < 1.29 is 14.3 Å². The van der Waals surface area contributed by atoms with Crippen molar-refractivity contribution in [1.82, 2.24) is 0 Å². The number of fused-ring (bicyclic) bond motifs is 1. The topological polar surface area (TPSA) is 81.4 Å². The largest absolute Gasteiger partial charge is 0.483 e. The molecule has 0 saturated carbocycles. The lowest BCUT2D eigenvalue weighted by Gasteiger charge is -2.12. The number of carbonyl (C=O) groups is 2. The minimum atomic E-state index is -0.477. The van der Waals surface area contributed by atoms with Gasteiger partial charge in [0.2, 0.25) is 0 Å². The molecule has 0 fully saturated rings. The lowest BCUT2D eigenvalue weighted by atomic mass is 10.1. The van der Waals surface area contributed by atoms with E-state index in [0.717, 1.165) is 54.5 Å². The van der Waals surface area contributed by atoms with E-state index in [4.69, 9.17) is 10.5 Å². The number of hydrogen-bond acceptors (Lipinski definition) is 4. The Morgan fingerprint density at radius 3 is 2.54 bits per heavy atom. The van der Waals surface area contributed by atoms with Crippen molar-refractivity contribution >= 4 is 28.2 Å². The van der Waals surface area contributed by atoms with Crippen molar-refractivity contribution in [1.29, 1.82) is 0 Å². The molecule has 0 unspecified atom stereocenters. The maximum absolute atomic E-state index is 12.4. The lowest BCUT2D eigenvalue weighted by Crippen LogP contribution is -2.22. The Morgan fingerprint density at radius 2 is 1.85 bits per heavy atom. The summed E-state index contributed by atoms with van der Waals surface area (Å²) in [5, 5.41) is 3.39. The minimum Gasteiger partial charge on any atom is -0.483 e. The summed E-state index contributed by atoms with van der Waals surface area (Å²) >= 11 is 1.47. The number of ether oxygens (including phenoxy) is 1. The molecule has 0 bridgehead atoms. The van der Waals surface area contributed by atoms with Crippen LogP contribution in [-0.2, 0) is 17.6 Å². The van der Waals surface area contributed by atoms with Crippen LogP contribution in [0.1, 0.15) is 51.2 Å². The van der Waals surface area contributed by atoms with Gasteiger partial charge in [-0.25, -0.2) is 0 Å². The summed E-state index contributed by atoms with van der Waals surface area (Å²) in [6, 6.07) is 5.85. The molecule has 1 aromatic carbocycles. The molecule has 26 heavy (non-hydrogen) atoms. The molecule has 1 heterocycles. The van der Waals surface area contributed by atoms with E-state index in [1.54, 1.807) is 0 Å². The molecule has 3 rings (SSSR count). The summed E-state index contributed by atoms with van der Waals surface area (Å²) in [5.41, 5.74) is 9.07. The number of hydrogen-bond donors (Lipinski definition) is 2. The fourth-order valence-electron chi connectivity index (χ4n) is 3.42. The number of rotatable bonds is 5. The van der Waals surface area contributed by atoms with Crippen molar-refractivity contribution in [2.75, 3.05) is 11.9 Å². The molecule has 0 saturated heterocycles. The van der Waals surface area contributed by atoms with Crippen LogP contribution in [-0.4, -0.2) is 18.4 Å². The number of nitrogens with one attached hydrogen (secondary N) is 1. The Labute approximate surface area is 157 Å². The molecule has 0 radical (unpaired) electrons. The summed E-state index contributed by atoms with van der Waals surface area (Å²) < 4.78 is 5.70. The van der Waals surface area contributed by atoms with Gasteiger partial charge < -0.3 is 15.8 Å². The highest BCUT2D eigenvalue weighted by Gasteiger charge is 2.24. The highest BCUT2D eigenvalue weighted by atomic mass is 32.1. The number of primary amides is 1. The average Bonchev–Trinajstić information content (AvgIpc) is 2.75. The van der Waals surface area contributed by atoms with Crippen LogP contribution >= 0.6 is 11.3 Å². The van der Waals surface area contributed by atoms with E-state index in [1.807, 2.05) is 32.0 Å². The Bertz CT molecular complexity index is 822. The first-order valence-corrected chi connectivity index (χ1v) is 9.72.